The topological polar surface area (TPSA) is 88.8 Å². The number of nitrogens with one attached hydrogen (secondary N) is 2. The number of nitrogens with zero attached hydrogens (tertiary/aromatic N) is 2. The summed E-state index contributed by atoms with van der Waals surface area (Å²) in [5.41, 5.74) is 2.98. The van der Waals surface area contributed by atoms with Crippen LogP contribution in [0.4, 0.5) is 5.69 Å². The number of nitro benzene ring substituents is 1. The number of thiocarbonyl (C=S) groups is 1. The second-order valence-electron chi connectivity index (χ2n) is 4.17. The minimum atomic E-state index is -0.550. The Labute approximate surface area is 132 Å². The van der Waals surface area contributed by atoms with Crippen molar-refractivity contribution in [3.8, 4) is 0 Å². The predicted octanol–water partition coefficient (Wildman–Crippen LogP) is 2.08. The molecule has 0 heterocycles. The van der Waals surface area contributed by atoms with Gasteiger partial charge in [-0.1, -0.05) is 17.7 Å². The molecule has 0 spiro atoms. The first kappa shape index (κ1) is 17.3. The molecule has 0 fully saturated rings. The van der Waals surface area contributed by atoms with E-state index in [1.807, 2.05) is 6.92 Å². The number of ether oxygens (including phenoxy) is 1. The lowest BCUT2D eigenvalue weighted by atomic mass is 10.2. The third-order valence-electron chi connectivity index (χ3n) is 2.34. The highest BCUT2D eigenvalue weighted by atomic mass is 35.5. The van der Waals surface area contributed by atoms with Gasteiger partial charge >= 0.3 is 0 Å². The third-order valence-corrected chi connectivity index (χ3v) is 2.87. The van der Waals surface area contributed by atoms with Crippen molar-refractivity contribution in [2.75, 3.05) is 13.7 Å². The molecule has 0 radical (unpaired) electrons. The lowest BCUT2D eigenvalue weighted by Crippen LogP contribution is -2.40. The maximum Gasteiger partial charge on any atom is 0.288 e. The zero-order valence-electron chi connectivity index (χ0n) is 11.5. The van der Waals surface area contributed by atoms with Crippen LogP contribution >= 0.6 is 23.8 Å². The van der Waals surface area contributed by atoms with E-state index in [1.165, 1.54) is 18.3 Å². The van der Waals surface area contributed by atoms with E-state index in [0.29, 0.717) is 17.3 Å². The monoisotopic (exact) mass is 330 g/mol. The highest BCUT2D eigenvalue weighted by molar-refractivity contribution is 7.80. The first-order valence-corrected chi connectivity index (χ1v) is 6.75. The Kier molecular flexibility index (Phi) is 7.00. The smallest absolute Gasteiger partial charge is 0.288 e. The van der Waals surface area contributed by atoms with Gasteiger partial charge in [-0.25, -0.2) is 0 Å². The number of halogens is 1. The van der Waals surface area contributed by atoms with Gasteiger partial charge in [0, 0.05) is 24.8 Å². The number of benzene rings is 1. The van der Waals surface area contributed by atoms with Crippen LogP contribution in [0.15, 0.2) is 23.3 Å². The van der Waals surface area contributed by atoms with Crippen LogP contribution in [-0.4, -0.2) is 36.0 Å². The van der Waals surface area contributed by atoms with Crippen LogP contribution in [0, 0.1) is 10.1 Å². The van der Waals surface area contributed by atoms with Crippen molar-refractivity contribution in [1.82, 2.24) is 10.7 Å². The molecule has 1 atom stereocenters. The molecule has 1 aromatic rings. The standard InChI is InChI=1S/C12H15ClN4O3S/c1-8(7-20-2)15-12(21)16-14-6-9-3-4-10(13)11(5-9)17(18)19/h3-6,8H,7H2,1-2H3,(H2,15,16,21)/b14-6-/t8-/m0/s1. The van der Waals surface area contributed by atoms with Gasteiger partial charge in [0.25, 0.3) is 5.69 Å². The number of nitro groups is 1. The van der Waals surface area contributed by atoms with Crippen molar-refractivity contribution in [3.63, 3.8) is 0 Å². The van der Waals surface area contributed by atoms with Crippen LogP contribution in [0.3, 0.4) is 0 Å². The third kappa shape index (κ3) is 6.03. The molecular formula is C12H15ClN4O3S. The highest BCUT2D eigenvalue weighted by Crippen LogP contribution is 2.24. The zero-order chi connectivity index (χ0) is 15.8. The fourth-order valence-corrected chi connectivity index (χ4v) is 1.90. The van der Waals surface area contributed by atoms with Gasteiger partial charge in [0.15, 0.2) is 5.11 Å². The average molecular weight is 331 g/mol. The van der Waals surface area contributed by atoms with E-state index >= 15 is 0 Å². The molecule has 0 amide bonds. The lowest BCUT2D eigenvalue weighted by molar-refractivity contribution is -0.384. The Morgan fingerprint density at radius 3 is 3.00 bits per heavy atom. The average Bonchev–Trinajstić information content (AvgIpc) is 2.40. The van der Waals surface area contributed by atoms with Gasteiger partial charge in [-0.05, 0) is 25.2 Å². The summed E-state index contributed by atoms with van der Waals surface area (Å²) < 4.78 is 4.96. The van der Waals surface area contributed by atoms with Crippen molar-refractivity contribution in [1.29, 1.82) is 0 Å². The summed E-state index contributed by atoms with van der Waals surface area (Å²) in [5, 5.41) is 18.0. The fraction of sp³-hybridized carbons (Fsp3) is 0.333. The number of rotatable bonds is 6. The van der Waals surface area contributed by atoms with Crippen molar-refractivity contribution in [3.05, 3.63) is 38.9 Å². The zero-order valence-corrected chi connectivity index (χ0v) is 13.1. The Bertz CT molecular complexity index is 553. The Morgan fingerprint density at radius 1 is 1.67 bits per heavy atom. The molecule has 0 saturated carbocycles. The minimum absolute atomic E-state index is 0.0434. The maximum absolute atomic E-state index is 10.8. The first-order valence-electron chi connectivity index (χ1n) is 5.96. The van der Waals surface area contributed by atoms with Crippen LogP contribution < -0.4 is 10.7 Å². The van der Waals surface area contributed by atoms with E-state index < -0.39 is 4.92 Å². The van der Waals surface area contributed by atoms with Crippen molar-refractivity contribution in [2.45, 2.75) is 13.0 Å². The van der Waals surface area contributed by atoms with E-state index in [-0.39, 0.29) is 16.8 Å². The van der Waals surface area contributed by atoms with E-state index in [1.54, 1.807) is 13.2 Å². The molecule has 0 saturated heterocycles. The molecule has 0 aliphatic rings. The van der Waals surface area contributed by atoms with Gasteiger partial charge < -0.3 is 10.1 Å². The Morgan fingerprint density at radius 2 is 2.38 bits per heavy atom. The largest absolute Gasteiger partial charge is 0.383 e. The van der Waals surface area contributed by atoms with Gasteiger partial charge in [0.2, 0.25) is 0 Å². The summed E-state index contributed by atoms with van der Waals surface area (Å²) in [7, 11) is 1.60. The van der Waals surface area contributed by atoms with Gasteiger partial charge in [-0.2, -0.15) is 5.10 Å². The first-order chi connectivity index (χ1) is 9.93. The van der Waals surface area contributed by atoms with Gasteiger partial charge in [0.1, 0.15) is 5.02 Å². The molecule has 1 aromatic carbocycles. The SMILES string of the molecule is COC[C@H](C)NC(=S)N/N=C\c1ccc(Cl)c([N+](=O)[O-])c1. The maximum atomic E-state index is 10.8. The molecule has 9 heteroatoms. The normalized spacial score (nSPS) is 12.1. The lowest BCUT2D eigenvalue weighted by Gasteiger charge is -2.13. The molecule has 1 rings (SSSR count). The van der Waals surface area contributed by atoms with Gasteiger partial charge in [0.05, 0.1) is 17.7 Å². The Hall–Kier alpha value is -1.77. The summed E-state index contributed by atoms with van der Waals surface area (Å²) in [6.45, 7) is 2.42. The molecule has 0 bridgehead atoms. The van der Waals surface area contributed by atoms with E-state index in [2.05, 4.69) is 15.8 Å². The summed E-state index contributed by atoms with van der Waals surface area (Å²) >= 11 is 10.7. The van der Waals surface area contributed by atoms with Gasteiger partial charge in [-0.3, -0.25) is 15.5 Å². The number of hydrazone groups is 1. The van der Waals surface area contributed by atoms with Crippen LogP contribution in [0.5, 0.6) is 0 Å². The predicted molar refractivity (Wildman–Crippen MR) is 85.9 cm³/mol. The summed E-state index contributed by atoms with van der Waals surface area (Å²) in [5.74, 6) is 0. The van der Waals surface area contributed by atoms with E-state index in [9.17, 15) is 10.1 Å². The molecule has 7 nitrogen and oxygen atoms in total. The molecule has 0 unspecified atom stereocenters. The molecule has 0 aliphatic heterocycles. The second-order valence-corrected chi connectivity index (χ2v) is 4.98. The van der Waals surface area contributed by atoms with Crippen LogP contribution in [0.2, 0.25) is 5.02 Å². The van der Waals surface area contributed by atoms with Crippen molar-refractivity contribution >= 4 is 40.8 Å². The summed E-state index contributed by atoms with van der Waals surface area (Å²) in [6, 6.07) is 4.43. The van der Waals surface area contributed by atoms with Crippen molar-refractivity contribution in [2.24, 2.45) is 5.10 Å². The second kappa shape index (κ2) is 8.50. The number of methoxy groups -OCH3 is 1. The molecule has 21 heavy (non-hydrogen) atoms. The molecule has 0 aliphatic carbocycles. The van der Waals surface area contributed by atoms with Crippen molar-refractivity contribution < 1.29 is 9.66 Å². The number of hydrogen-bond donors (Lipinski definition) is 2. The molecule has 0 aromatic heterocycles. The van der Waals surface area contributed by atoms with E-state index in [0.717, 1.165) is 0 Å². The number of hydrogen-bond acceptors (Lipinski definition) is 5. The van der Waals surface area contributed by atoms with Crippen LogP contribution in [0.25, 0.3) is 0 Å². The van der Waals surface area contributed by atoms with Gasteiger partial charge in [-0.15, -0.1) is 0 Å². The van der Waals surface area contributed by atoms with Crippen LogP contribution in [0.1, 0.15) is 12.5 Å². The molecule has 2 N–H and O–H groups in total. The fourth-order valence-electron chi connectivity index (χ4n) is 1.46. The summed E-state index contributed by atoms with van der Waals surface area (Å²) in [6.07, 6.45) is 1.41. The van der Waals surface area contributed by atoms with E-state index in [4.69, 9.17) is 28.6 Å². The molecular weight excluding hydrogens is 316 g/mol. The minimum Gasteiger partial charge on any atom is -0.383 e. The molecule has 114 valence electrons. The highest BCUT2D eigenvalue weighted by Gasteiger charge is 2.11. The van der Waals surface area contributed by atoms with Crippen LogP contribution in [-0.2, 0) is 4.74 Å². The Balaban J connectivity index is 2.59. The quantitative estimate of drug-likeness (QED) is 0.359. The summed E-state index contributed by atoms with van der Waals surface area (Å²) in [4.78, 5) is 10.2.